The van der Waals surface area contributed by atoms with E-state index in [4.69, 9.17) is 0 Å². The summed E-state index contributed by atoms with van der Waals surface area (Å²) in [6, 6.07) is 20.0. The molecule has 0 N–H and O–H groups in total. The predicted molar refractivity (Wildman–Crippen MR) is 145 cm³/mol. The first kappa shape index (κ1) is 24.1. The molecule has 0 aliphatic carbocycles. The van der Waals surface area contributed by atoms with E-state index in [9.17, 15) is 4.79 Å². The summed E-state index contributed by atoms with van der Waals surface area (Å²) in [5.74, 6) is 0.281. The summed E-state index contributed by atoms with van der Waals surface area (Å²) < 4.78 is 0. The Bertz CT molecular complexity index is 952. The molecule has 5 heteroatoms. The third kappa shape index (κ3) is 6.53. The van der Waals surface area contributed by atoms with Crippen LogP contribution in [0, 0.1) is 0 Å². The van der Waals surface area contributed by atoms with Crippen molar-refractivity contribution in [2.45, 2.75) is 38.1 Å². The number of piperidine rings is 1. The van der Waals surface area contributed by atoms with Gasteiger partial charge < -0.3 is 9.80 Å². The molecule has 186 valence electrons. The Morgan fingerprint density at radius 2 is 1.49 bits per heavy atom. The molecule has 0 atom stereocenters. The summed E-state index contributed by atoms with van der Waals surface area (Å²) in [6.45, 7) is 9.85. The third-order valence-electron chi connectivity index (χ3n) is 7.98. The van der Waals surface area contributed by atoms with Crippen molar-refractivity contribution in [1.82, 2.24) is 14.7 Å². The van der Waals surface area contributed by atoms with Gasteiger partial charge in [-0.2, -0.15) is 0 Å². The van der Waals surface area contributed by atoms with Gasteiger partial charge in [-0.15, -0.1) is 0 Å². The Morgan fingerprint density at radius 3 is 2.17 bits per heavy atom. The highest BCUT2D eigenvalue weighted by molar-refractivity contribution is 5.79. The molecule has 0 spiro atoms. The lowest BCUT2D eigenvalue weighted by atomic mass is 10.0. The highest BCUT2D eigenvalue weighted by Crippen LogP contribution is 2.24. The van der Waals surface area contributed by atoms with Crippen LogP contribution in [0.15, 0.2) is 60.7 Å². The van der Waals surface area contributed by atoms with Crippen molar-refractivity contribution >= 4 is 17.7 Å². The quantitative estimate of drug-likeness (QED) is 0.606. The normalized spacial score (nSPS) is 20.7. The van der Waals surface area contributed by atoms with Gasteiger partial charge >= 0.3 is 0 Å². The molecule has 3 aliphatic rings. The first-order chi connectivity index (χ1) is 17.2. The first-order valence-electron chi connectivity index (χ1n) is 13.5. The maximum atomic E-state index is 12.4. The molecule has 0 unspecified atom stereocenters. The maximum absolute atomic E-state index is 12.4. The van der Waals surface area contributed by atoms with Crippen LogP contribution in [-0.2, 0) is 11.2 Å². The summed E-state index contributed by atoms with van der Waals surface area (Å²) in [7, 11) is 0. The van der Waals surface area contributed by atoms with E-state index in [-0.39, 0.29) is 5.91 Å². The fourth-order valence-corrected chi connectivity index (χ4v) is 5.78. The van der Waals surface area contributed by atoms with Gasteiger partial charge in [-0.05, 0) is 48.9 Å². The zero-order chi connectivity index (χ0) is 23.9. The van der Waals surface area contributed by atoms with Gasteiger partial charge in [0, 0.05) is 70.6 Å². The Hall–Kier alpha value is -2.63. The molecule has 0 radical (unpaired) electrons. The third-order valence-corrected chi connectivity index (χ3v) is 7.98. The molecule has 0 aromatic heterocycles. The maximum Gasteiger partial charge on any atom is 0.226 e. The SMILES string of the molecule is O=C(Cc1ccc(N2CCC(N3CCN(C/C=C/c4ccccc4)CC3)CC2)cc1)N1CCCC1. The van der Waals surface area contributed by atoms with E-state index in [1.807, 2.05) is 4.90 Å². The Labute approximate surface area is 211 Å². The average molecular weight is 473 g/mol. The van der Waals surface area contributed by atoms with Crippen LogP contribution in [0.25, 0.3) is 6.08 Å². The van der Waals surface area contributed by atoms with Crippen LogP contribution in [-0.4, -0.2) is 85.6 Å². The van der Waals surface area contributed by atoms with Crippen LogP contribution in [0.2, 0.25) is 0 Å². The van der Waals surface area contributed by atoms with Crippen LogP contribution in [0.4, 0.5) is 5.69 Å². The predicted octanol–water partition coefficient (Wildman–Crippen LogP) is 4.15. The lowest BCUT2D eigenvalue weighted by Gasteiger charge is -2.43. The van der Waals surface area contributed by atoms with Gasteiger partial charge in [0.1, 0.15) is 0 Å². The zero-order valence-electron chi connectivity index (χ0n) is 21.0. The van der Waals surface area contributed by atoms with Crippen molar-refractivity contribution in [2.75, 3.05) is 63.8 Å². The minimum Gasteiger partial charge on any atom is -0.371 e. The van der Waals surface area contributed by atoms with Crippen molar-refractivity contribution in [3.8, 4) is 0 Å². The fraction of sp³-hybridized carbons (Fsp3) is 0.500. The molecule has 3 aliphatic heterocycles. The van der Waals surface area contributed by atoms with Gasteiger partial charge in [0.25, 0.3) is 0 Å². The Morgan fingerprint density at radius 1 is 0.800 bits per heavy atom. The molecule has 3 heterocycles. The van der Waals surface area contributed by atoms with E-state index in [1.54, 1.807) is 0 Å². The van der Waals surface area contributed by atoms with E-state index >= 15 is 0 Å². The van der Waals surface area contributed by atoms with Crippen molar-refractivity contribution in [1.29, 1.82) is 0 Å². The van der Waals surface area contributed by atoms with E-state index in [1.165, 1.54) is 37.2 Å². The number of likely N-dealkylation sites (tertiary alicyclic amines) is 1. The van der Waals surface area contributed by atoms with Gasteiger partial charge in [0.2, 0.25) is 5.91 Å². The molecule has 2 aromatic carbocycles. The van der Waals surface area contributed by atoms with Crippen molar-refractivity contribution in [2.24, 2.45) is 0 Å². The topological polar surface area (TPSA) is 30.0 Å². The second-order valence-corrected chi connectivity index (χ2v) is 10.3. The van der Waals surface area contributed by atoms with Crippen LogP contribution in [0.3, 0.4) is 0 Å². The molecular weight excluding hydrogens is 432 g/mol. The summed E-state index contributed by atoms with van der Waals surface area (Å²) in [5, 5.41) is 0. The molecule has 3 fully saturated rings. The van der Waals surface area contributed by atoms with Crippen molar-refractivity contribution in [3.63, 3.8) is 0 Å². The van der Waals surface area contributed by atoms with Gasteiger partial charge in [0.05, 0.1) is 6.42 Å². The lowest BCUT2D eigenvalue weighted by molar-refractivity contribution is -0.129. The summed E-state index contributed by atoms with van der Waals surface area (Å²) in [4.78, 5) is 22.3. The highest BCUT2D eigenvalue weighted by atomic mass is 16.2. The number of carbonyl (C=O) groups is 1. The van der Waals surface area contributed by atoms with Gasteiger partial charge in [-0.25, -0.2) is 0 Å². The smallest absolute Gasteiger partial charge is 0.226 e. The number of carbonyl (C=O) groups excluding carboxylic acids is 1. The van der Waals surface area contributed by atoms with Crippen LogP contribution in [0.5, 0.6) is 0 Å². The molecule has 5 nitrogen and oxygen atoms in total. The summed E-state index contributed by atoms with van der Waals surface area (Å²) >= 11 is 0. The van der Waals surface area contributed by atoms with Gasteiger partial charge in [-0.1, -0.05) is 54.6 Å². The second-order valence-electron chi connectivity index (χ2n) is 10.3. The zero-order valence-corrected chi connectivity index (χ0v) is 21.0. The molecule has 3 saturated heterocycles. The number of hydrogen-bond acceptors (Lipinski definition) is 4. The van der Waals surface area contributed by atoms with Crippen molar-refractivity contribution in [3.05, 3.63) is 71.8 Å². The number of anilines is 1. The molecule has 1 amide bonds. The second kappa shape index (κ2) is 11.9. The van der Waals surface area contributed by atoms with Gasteiger partial charge in [0.15, 0.2) is 0 Å². The number of benzene rings is 2. The monoisotopic (exact) mass is 472 g/mol. The van der Waals surface area contributed by atoms with E-state index in [0.29, 0.717) is 12.5 Å². The first-order valence-corrected chi connectivity index (χ1v) is 13.5. The standard InChI is InChI=1S/C30H40N4O/c35-30(34-17-4-5-18-34)25-27-10-12-28(13-11-27)32-19-14-29(15-20-32)33-23-21-31(22-24-33)16-6-9-26-7-2-1-3-8-26/h1-3,6-13,29H,4-5,14-25H2/b9-6+. The van der Waals surface area contributed by atoms with Crippen LogP contribution in [0.1, 0.15) is 36.8 Å². The molecular formula is C30H40N4O. The van der Waals surface area contributed by atoms with Crippen molar-refractivity contribution < 1.29 is 4.79 Å². The number of rotatable bonds is 7. The minimum absolute atomic E-state index is 0.281. The molecule has 5 rings (SSSR count). The van der Waals surface area contributed by atoms with E-state index in [0.717, 1.165) is 64.2 Å². The van der Waals surface area contributed by atoms with Gasteiger partial charge in [-0.3, -0.25) is 14.6 Å². The highest BCUT2D eigenvalue weighted by Gasteiger charge is 2.27. The Balaban J connectivity index is 1.03. The molecule has 0 saturated carbocycles. The summed E-state index contributed by atoms with van der Waals surface area (Å²) in [5.41, 5.74) is 3.72. The largest absolute Gasteiger partial charge is 0.371 e. The van der Waals surface area contributed by atoms with Crippen LogP contribution >= 0.6 is 0 Å². The molecule has 0 bridgehead atoms. The number of hydrogen-bond donors (Lipinski definition) is 0. The number of piperazine rings is 1. The number of amides is 1. The summed E-state index contributed by atoms with van der Waals surface area (Å²) in [6.07, 6.45) is 9.87. The number of nitrogens with zero attached hydrogens (tertiary/aromatic N) is 4. The average Bonchev–Trinajstić information content (AvgIpc) is 3.46. The van der Waals surface area contributed by atoms with E-state index < -0.39 is 0 Å². The Kier molecular flexibility index (Phi) is 8.17. The lowest BCUT2D eigenvalue weighted by Crippen LogP contribution is -2.53. The molecule has 35 heavy (non-hydrogen) atoms. The minimum atomic E-state index is 0.281. The van der Waals surface area contributed by atoms with E-state index in [2.05, 4.69) is 81.4 Å². The molecule has 2 aromatic rings. The van der Waals surface area contributed by atoms with Crippen LogP contribution < -0.4 is 4.90 Å². The fourth-order valence-electron chi connectivity index (χ4n) is 5.78.